The lowest BCUT2D eigenvalue weighted by molar-refractivity contribution is 0.301. The highest BCUT2D eigenvalue weighted by molar-refractivity contribution is 6.28. The van der Waals surface area contributed by atoms with Gasteiger partial charge in [0.25, 0.3) is 0 Å². The van der Waals surface area contributed by atoms with Gasteiger partial charge >= 0.3 is 0 Å². The zero-order chi connectivity index (χ0) is 14.3. The normalized spacial score (nSPS) is 10.6. The van der Waals surface area contributed by atoms with Crippen molar-refractivity contribution in [3.05, 3.63) is 5.28 Å². The molecule has 1 aromatic heterocycles. The molecule has 0 aromatic carbocycles. The quantitative estimate of drug-likeness (QED) is 0.783. The van der Waals surface area contributed by atoms with Crippen LogP contribution in [0.4, 0.5) is 11.9 Å². The molecule has 7 heteroatoms. The summed E-state index contributed by atoms with van der Waals surface area (Å²) >= 11 is 5.97. The SMILES string of the molecule is CCCN(CCO)c1nc(Cl)nc(N(CC)CC)n1. The summed E-state index contributed by atoms with van der Waals surface area (Å²) in [6.07, 6.45) is 0.948. The number of rotatable bonds is 8. The van der Waals surface area contributed by atoms with Gasteiger partial charge in [-0.05, 0) is 31.9 Å². The van der Waals surface area contributed by atoms with Crippen molar-refractivity contribution in [1.29, 1.82) is 0 Å². The highest BCUT2D eigenvalue weighted by Crippen LogP contribution is 2.16. The first-order valence-electron chi connectivity index (χ1n) is 6.68. The minimum Gasteiger partial charge on any atom is -0.395 e. The Kier molecular flexibility index (Phi) is 6.80. The number of hydrogen-bond donors (Lipinski definition) is 1. The molecule has 0 atom stereocenters. The minimum absolute atomic E-state index is 0.0594. The van der Waals surface area contributed by atoms with Gasteiger partial charge in [0.2, 0.25) is 17.2 Å². The van der Waals surface area contributed by atoms with E-state index in [1.54, 1.807) is 0 Å². The maximum Gasteiger partial charge on any atom is 0.231 e. The fourth-order valence-electron chi connectivity index (χ4n) is 1.82. The maximum atomic E-state index is 9.11. The van der Waals surface area contributed by atoms with Crippen molar-refractivity contribution in [2.45, 2.75) is 27.2 Å². The summed E-state index contributed by atoms with van der Waals surface area (Å²) in [5.41, 5.74) is 0. The van der Waals surface area contributed by atoms with Crippen LogP contribution in [-0.4, -0.2) is 52.8 Å². The summed E-state index contributed by atoms with van der Waals surface area (Å²) in [5, 5.41) is 9.29. The van der Waals surface area contributed by atoms with Crippen LogP contribution < -0.4 is 9.80 Å². The molecule has 0 aliphatic rings. The molecule has 0 aliphatic heterocycles. The standard InChI is InChI=1S/C12H22ClN5O/c1-4-7-18(8-9-19)12-15-10(13)14-11(16-12)17(5-2)6-3/h19H,4-9H2,1-3H3. The lowest BCUT2D eigenvalue weighted by Gasteiger charge is -2.23. The second-order valence-electron chi connectivity index (χ2n) is 4.09. The van der Waals surface area contributed by atoms with Crippen LogP contribution in [0.1, 0.15) is 27.2 Å². The van der Waals surface area contributed by atoms with E-state index in [-0.39, 0.29) is 11.9 Å². The predicted octanol–water partition coefficient (Wildman–Crippen LogP) is 1.58. The highest BCUT2D eigenvalue weighted by atomic mass is 35.5. The molecule has 0 saturated heterocycles. The number of anilines is 2. The van der Waals surface area contributed by atoms with E-state index in [1.807, 2.05) is 23.6 Å². The number of hydrogen-bond acceptors (Lipinski definition) is 6. The average Bonchev–Trinajstić information content (AvgIpc) is 2.39. The second-order valence-corrected chi connectivity index (χ2v) is 4.43. The van der Waals surface area contributed by atoms with Crippen molar-refractivity contribution in [2.75, 3.05) is 42.6 Å². The molecule has 0 spiro atoms. The van der Waals surface area contributed by atoms with Crippen LogP contribution >= 0.6 is 11.6 Å². The summed E-state index contributed by atoms with van der Waals surface area (Å²) in [6.45, 7) is 9.10. The van der Waals surface area contributed by atoms with Gasteiger partial charge in [-0.3, -0.25) is 0 Å². The van der Waals surface area contributed by atoms with Gasteiger partial charge in [-0.25, -0.2) is 0 Å². The van der Waals surface area contributed by atoms with Gasteiger partial charge < -0.3 is 14.9 Å². The molecule has 1 aromatic rings. The van der Waals surface area contributed by atoms with Crippen LogP contribution in [0.2, 0.25) is 5.28 Å². The molecular weight excluding hydrogens is 266 g/mol. The third kappa shape index (κ3) is 4.47. The summed E-state index contributed by atoms with van der Waals surface area (Å²) < 4.78 is 0. The third-order valence-electron chi connectivity index (χ3n) is 2.78. The first-order valence-corrected chi connectivity index (χ1v) is 7.06. The van der Waals surface area contributed by atoms with Crippen molar-refractivity contribution in [2.24, 2.45) is 0 Å². The van der Waals surface area contributed by atoms with E-state index >= 15 is 0 Å². The van der Waals surface area contributed by atoms with Crippen LogP contribution in [0, 0.1) is 0 Å². The average molecular weight is 288 g/mol. The van der Waals surface area contributed by atoms with Gasteiger partial charge in [-0.1, -0.05) is 6.92 Å². The Bertz CT molecular complexity index is 380. The molecule has 0 aliphatic carbocycles. The molecule has 0 radical (unpaired) electrons. The zero-order valence-electron chi connectivity index (χ0n) is 11.8. The van der Waals surface area contributed by atoms with Crippen molar-refractivity contribution >= 4 is 23.5 Å². The van der Waals surface area contributed by atoms with Crippen LogP contribution in [-0.2, 0) is 0 Å². The lowest BCUT2D eigenvalue weighted by Crippen LogP contribution is -2.31. The number of halogens is 1. The molecule has 1 N–H and O–H groups in total. The molecule has 1 heterocycles. The number of aromatic nitrogens is 3. The molecule has 1 rings (SSSR count). The Hall–Kier alpha value is -1.14. The van der Waals surface area contributed by atoms with Crippen LogP contribution in [0.5, 0.6) is 0 Å². The minimum atomic E-state index is 0.0594. The zero-order valence-corrected chi connectivity index (χ0v) is 12.6. The van der Waals surface area contributed by atoms with Crippen LogP contribution in [0.3, 0.4) is 0 Å². The Labute approximate surface area is 119 Å². The summed E-state index contributed by atoms with van der Waals surface area (Å²) in [4.78, 5) is 16.7. The van der Waals surface area contributed by atoms with E-state index in [0.29, 0.717) is 18.4 Å². The van der Waals surface area contributed by atoms with E-state index in [1.165, 1.54) is 0 Å². The van der Waals surface area contributed by atoms with Gasteiger partial charge in [-0.15, -0.1) is 0 Å². The molecule has 19 heavy (non-hydrogen) atoms. The first-order chi connectivity index (χ1) is 9.15. The third-order valence-corrected chi connectivity index (χ3v) is 2.95. The number of aliphatic hydroxyl groups is 1. The molecule has 0 fully saturated rings. The summed E-state index contributed by atoms with van der Waals surface area (Å²) in [6, 6.07) is 0. The molecule has 0 bridgehead atoms. The van der Waals surface area contributed by atoms with E-state index in [0.717, 1.165) is 26.1 Å². The van der Waals surface area contributed by atoms with E-state index in [4.69, 9.17) is 16.7 Å². The topological polar surface area (TPSA) is 65.4 Å². The van der Waals surface area contributed by atoms with Crippen LogP contribution in [0.15, 0.2) is 0 Å². The van der Waals surface area contributed by atoms with Crippen LogP contribution in [0.25, 0.3) is 0 Å². The largest absolute Gasteiger partial charge is 0.395 e. The van der Waals surface area contributed by atoms with E-state index in [2.05, 4.69) is 21.9 Å². The van der Waals surface area contributed by atoms with Crippen molar-refractivity contribution < 1.29 is 5.11 Å². The van der Waals surface area contributed by atoms with Gasteiger partial charge in [0.1, 0.15) is 0 Å². The Morgan fingerprint density at radius 3 is 2.00 bits per heavy atom. The van der Waals surface area contributed by atoms with Crippen molar-refractivity contribution in [1.82, 2.24) is 15.0 Å². The Morgan fingerprint density at radius 2 is 1.53 bits per heavy atom. The molecule has 0 amide bonds. The molecular formula is C12H22ClN5O. The first kappa shape index (κ1) is 15.9. The highest BCUT2D eigenvalue weighted by Gasteiger charge is 2.14. The molecule has 0 unspecified atom stereocenters. The fourth-order valence-corrected chi connectivity index (χ4v) is 1.97. The number of nitrogens with zero attached hydrogens (tertiary/aromatic N) is 5. The Morgan fingerprint density at radius 1 is 0.947 bits per heavy atom. The summed E-state index contributed by atoms with van der Waals surface area (Å²) in [5.74, 6) is 1.11. The van der Waals surface area contributed by atoms with E-state index < -0.39 is 0 Å². The lowest BCUT2D eigenvalue weighted by atomic mass is 10.4. The fraction of sp³-hybridized carbons (Fsp3) is 0.750. The molecule has 6 nitrogen and oxygen atoms in total. The van der Waals surface area contributed by atoms with E-state index in [9.17, 15) is 0 Å². The summed E-state index contributed by atoms with van der Waals surface area (Å²) in [7, 11) is 0. The van der Waals surface area contributed by atoms with Gasteiger partial charge in [-0.2, -0.15) is 15.0 Å². The Balaban J connectivity index is 3.05. The molecule has 108 valence electrons. The second kappa shape index (κ2) is 8.12. The van der Waals surface area contributed by atoms with Gasteiger partial charge in [0, 0.05) is 26.2 Å². The van der Waals surface area contributed by atoms with Gasteiger partial charge in [0.05, 0.1) is 6.61 Å². The van der Waals surface area contributed by atoms with Crippen molar-refractivity contribution in [3.63, 3.8) is 0 Å². The van der Waals surface area contributed by atoms with Crippen molar-refractivity contribution in [3.8, 4) is 0 Å². The number of aliphatic hydroxyl groups excluding tert-OH is 1. The predicted molar refractivity (Wildman–Crippen MR) is 78.0 cm³/mol. The smallest absolute Gasteiger partial charge is 0.231 e. The monoisotopic (exact) mass is 287 g/mol. The maximum absolute atomic E-state index is 9.11. The molecule has 0 saturated carbocycles. The van der Waals surface area contributed by atoms with Gasteiger partial charge in [0.15, 0.2) is 0 Å².